The monoisotopic (exact) mass is 362 g/mol. The molecule has 0 saturated carbocycles. The Kier molecular flexibility index (Phi) is 3.49. The minimum absolute atomic E-state index is 0.0255. The van der Waals surface area contributed by atoms with Crippen molar-refractivity contribution in [3.8, 4) is 0 Å². The van der Waals surface area contributed by atoms with E-state index in [0.29, 0.717) is 18.7 Å². The second-order valence-corrected chi connectivity index (χ2v) is 7.18. The molecule has 0 aromatic heterocycles. The van der Waals surface area contributed by atoms with Crippen molar-refractivity contribution >= 4 is 23.3 Å². The van der Waals surface area contributed by atoms with Crippen LogP contribution in [0.25, 0.3) is 0 Å². The molecule has 4 rings (SSSR count). The Bertz CT molecular complexity index is 799. The van der Waals surface area contributed by atoms with Crippen molar-refractivity contribution in [3.05, 3.63) is 33.9 Å². The second-order valence-electron chi connectivity index (χ2n) is 7.18. The number of benzene rings is 1. The van der Waals surface area contributed by atoms with Crippen LogP contribution in [0.5, 0.6) is 0 Å². The van der Waals surface area contributed by atoms with Gasteiger partial charge in [0.1, 0.15) is 0 Å². The van der Waals surface area contributed by atoms with E-state index in [-0.39, 0.29) is 18.7 Å². The van der Waals surface area contributed by atoms with E-state index in [4.69, 9.17) is 14.2 Å². The predicted molar refractivity (Wildman–Crippen MR) is 87.4 cm³/mol. The fourth-order valence-corrected chi connectivity index (χ4v) is 3.97. The first-order valence-corrected chi connectivity index (χ1v) is 8.33. The van der Waals surface area contributed by atoms with Gasteiger partial charge in [0.15, 0.2) is 5.41 Å². The maximum absolute atomic E-state index is 12.9. The van der Waals surface area contributed by atoms with Gasteiger partial charge in [-0.05, 0) is 11.6 Å². The molecule has 9 nitrogen and oxygen atoms in total. The number of hydrogen-bond donors (Lipinski definition) is 0. The molecule has 3 aliphatic heterocycles. The minimum Gasteiger partial charge on any atom is -0.422 e. The van der Waals surface area contributed by atoms with Crippen LogP contribution in [0.3, 0.4) is 0 Å². The average molecular weight is 362 g/mol. The van der Waals surface area contributed by atoms with Crippen LogP contribution in [0.4, 0.5) is 11.4 Å². The van der Waals surface area contributed by atoms with E-state index in [2.05, 4.69) is 0 Å². The third kappa shape index (κ3) is 2.27. The molecule has 9 heteroatoms. The normalized spacial score (nSPS) is 25.8. The van der Waals surface area contributed by atoms with Gasteiger partial charge >= 0.3 is 11.9 Å². The molecule has 2 saturated heterocycles. The number of non-ortho nitro benzene ring substituents is 1. The Morgan fingerprint density at radius 2 is 1.92 bits per heavy atom. The number of fused-ring (bicyclic) bond motifs is 4. The zero-order chi connectivity index (χ0) is 18.7. The van der Waals surface area contributed by atoms with Gasteiger partial charge in [-0.3, -0.25) is 19.7 Å². The van der Waals surface area contributed by atoms with Gasteiger partial charge in [-0.25, -0.2) is 0 Å². The average Bonchev–Trinajstić information content (AvgIpc) is 2.58. The molecular weight excluding hydrogens is 344 g/mol. The molecule has 0 N–H and O–H groups in total. The number of hydrogen-bond acceptors (Lipinski definition) is 8. The molecule has 3 aliphatic rings. The third-order valence-electron chi connectivity index (χ3n) is 5.16. The van der Waals surface area contributed by atoms with Crippen molar-refractivity contribution in [2.45, 2.75) is 32.1 Å². The fraction of sp³-hybridized carbons (Fsp3) is 0.529. The number of rotatable bonds is 1. The van der Waals surface area contributed by atoms with E-state index in [9.17, 15) is 19.7 Å². The Morgan fingerprint density at radius 3 is 2.58 bits per heavy atom. The summed E-state index contributed by atoms with van der Waals surface area (Å²) in [5, 5.41) is 11.1. The van der Waals surface area contributed by atoms with E-state index in [1.807, 2.05) is 4.90 Å². The van der Waals surface area contributed by atoms with Crippen LogP contribution in [0.2, 0.25) is 0 Å². The van der Waals surface area contributed by atoms with Crippen molar-refractivity contribution in [2.24, 2.45) is 5.41 Å². The summed E-state index contributed by atoms with van der Waals surface area (Å²) in [6, 6.07) is 3.90. The number of nitro groups is 1. The number of nitrogens with zero attached hydrogens (tertiary/aromatic N) is 2. The van der Waals surface area contributed by atoms with Gasteiger partial charge in [0.25, 0.3) is 11.5 Å². The van der Waals surface area contributed by atoms with E-state index in [1.165, 1.54) is 26.0 Å². The quantitative estimate of drug-likeness (QED) is 0.317. The summed E-state index contributed by atoms with van der Waals surface area (Å²) in [6.45, 7) is 4.04. The molecule has 1 spiro atoms. The highest BCUT2D eigenvalue weighted by molar-refractivity contribution is 6.04. The standard InChI is InChI=1S/C17H18N2O7/c1-16(2)25-14(20)17(15(21)26-16)8-10-7-11(19(22)23)3-4-12(10)18-5-6-24-9-13(17)18/h3-4,7,13H,5-6,8-9H2,1-2H3/t13-/m0/s1. The van der Waals surface area contributed by atoms with Crippen LogP contribution in [0, 0.1) is 15.5 Å². The number of carbonyl (C=O) groups is 2. The lowest BCUT2D eigenvalue weighted by Gasteiger charge is -2.52. The highest BCUT2D eigenvalue weighted by Crippen LogP contribution is 2.48. The molecule has 0 unspecified atom stereocenters. The SMILES string of the molecule is CC1(C)OC(=O)C2(Cc3cc([N+](=O)[O-])ccc3N3CCOC[C@H]32)C(=O)O1. The number of anilines is 1. The molecule has 0 amide bonds. The summed E-state index contributed by atoms with van der Waals surface area (Å²) in [4.78, 5) is 38.4. The van der Waals surface area contributed by atoms with Crippen LogP contribution in [0.1, 0.15) is 19.4 Å². The maximum Gasteiger partial charge on any atom is 0.329 e. The number of nitro benzene ring substituents is 1. The lowest BCUT2D eigenvalue weighted by atomic mass is 9.70. The van der Waals surface area contributed by atoms with Gasteiger partial charge in [0.05, 0.1) is 24.2 Å². The first-order chi connectivity index (χ1) is 12.2. The van der Waals surface area contributed by atoms with Crippen molar-refractivity contribution < 1.29 is 28.7 Å². The van der Waals surface area contributed by atoms with Gasteiger partial charge in [-0.2, -0.15) is 0 Å². The summed E-state index contributed by atoms with van der Waals surface area (Å²) < 4.78 is 16.3. The lowest BCUT2D eigenvalue weighted by molar-refractivity contribution is -0.384. The molecule has 1 atom stereocenters. The largest absolute Gasteiger partial charge is 0.422 e. The summed E-state index contributed by atoms with van der Waals surface area (Å²) >= 11 is 0. The Balaban J connectivity index is 1.86. The topological polar surface area (TPSA) is 108 Å². The Labute approximate surface area is 149 Å². The zero-order valence-corrected chi connectivity index (χ0v) is 14.4. The maximum atomic E-state index is 12.9. The number of ether oxygens (including phenoxy) is 3. The van der Waals surface area contributed by atoms with Gasteiger partial charge in [0.2, 0.25) is 0 Å². The highest BCUT2D eigenvalue weighted by Gasteiger charge is 2.64. The van der Waals surface area contributed by atoms with Crippen LogP contribution in [-0.4, -0.2) is 48.4 Å². The van der Waals surface area contributed by atoms with Gasteiger partial charge in [-0.1, -0.05) is 0 Å². The lowest BCUT2D eigenvalue weighted by Crippen LogP contribution is -2.68. The molecule has 2 fully saturated rings. The molecule has 0 aliphatic carbocycles. The summed E-state index contributed by atoms with van der Waals surface area (Å²) in [5.74, 6) is -2.71. The Hall–Kier alpha value is -2.68. The summed E-state index contributed by atoms with van der Waals surface area (Å²) in [6.07, 6.45) is -0.0255. The number of morpholine rings is 1. The molecule has 1 aromatic rings. The highest BCUT2D eigenvalue weighted by atomic mass is 16.7. The predicted octanol–water partition coefficient (Wildman–Crippen LogP) is 1.18. The Morgan fingerprint density at radius 1 is 1.23 bits per heavy atom. The van der Waals surface area contributed by atoms with Gasteiger partial charge in [-0.15, -0.1) is 0 Å². The van der Waals surface area contributed by atoms with Crippen molar-refractivity contribution in [1.29, 1.82) is 0 Å². The molecule has 1 aromatic carbocycles. The molecule has 26 heavy (non-hydrogen) atoms. The number of cyclic esters (lactones) is 2. The van der Waals surface area contributed by atoms with E-state index < -0.39 is 34.1 Å². The number of carbonyl (C=O) groups excluding carboxylic acids is 2. The van der Waals surface area contributed by atoms with Crippen LogP contribution < -0.4 is 4.90 Å². The van der Waals surface area contributed by atoms with E-state index in [0.717, 1.165) is 5.69 Å². The second kappa shape index (κ2) is 5.41. The molecule has 3 heterocycles. The summed E-state index contributed by atoms with van der Waals surface area (Å²) in [7, 11) is 0. The molecule has 0 bridgehead atoms. The van der Waals surface area contributed by atoms with Crippen molar-refractivity contribution in [3.63, 3.8) is 0 Å². The third-order valence-corrected chi connectivity index (χ3v) is 5.16. The first-order valence-electron chi connectivity index (χ1n) is 8.33. The minimum atomic E-state index is -1.60. The van der Waals surface area contributed by atoms with Gasteiger partial charge in [0, 0.05) is 44.6 Å². The van der Waals surface area contributed by atoms with Crippen LogP contribution in [-0.2, 0) is 30.2 Å². The fourth-order valence-electron chi connectivity index (χ4n) is 3.97. The molecule has 0 radical (unpaired) electrons. The molecular formula is C17H18N2O7. The van der Waals surface area contributed by atoms with E-state index in [1.54, 1.807) is 6.07 Å². The first kappa shape index (κ1) is 16.8. The van der Waals surface area contributed by atoms with Crippen LogP contribution >= 0.6 is 0 Å². The van der Waals surface area contributed by atoms with Crippen LogP contribution in [0.15, 0.2) is 18.2 Å². The smallest absolute Gasteiger partial charge is 0.329 e. The zero-order valence-electron chi connectivity index (χ0n) is 14.4. The van der Waals surface area contributed by atoms with Crippen molar-refractivity contribution in [2.75, 3.05) is 24.7 Å². The number of esters is 2. The summed E-state index contributed by atoms with van der Waals surface area (Å²) in [5.41, 5.74) is -0.382. The molecule has 138 valence electrons. The van der Waals surface area contributed by atoms with E-state index >= 15 is 0 Å². The van der Waals surface area contributed by atoms with Crippen molar-refractivity contribution in [1.82, 2.24) is 0 Å². The van der Waals surface area contributed by atoms with Gasteiger partial charge < -0.3 is 19.1 Å².